The average Bonchev–Trinajstić information content (AvgIpc) is 2.70. The lowest BCUT2D eigenvalue weighted by molar-refractivity contribution is -0.480. The molecule has 1 aromatic rings. The van der Waals surface area contributed by atoms with Crippen molar-refractivity contribution >= 4 is 5.96 Å². The number of rotatable bonds is 5. The van der Waals surface area contributed by atoms with Gasteiger partial charge in [-0.15, -0.1) is 0 Å². The van der Waals surface area contributed by atoms with Gasteiger partial charge < -0.3 is 10.2 Å². The van der Waals surface area contributed by atoms with Gasteiger partial charge in [0.2, 0.25) is 0 Å². The fourth-order valence-electron chi connectivity index (χ4n) is 4.24. The fourth-order valence-corrected chi connectivity index (χ4v) is 4.24. The van der Waals surface area contributed by atoms with Crippen molar-refractivity contribution in [2.24, 2.45) is 0 Å². The molecule has 2 aliphatic rings. The molecule has 5 N–H and O–H groups in total. The molecule has 6 nitrogen and oxygen atoms in total. The zero-order valence-corrected chi connectivity index (χ0v) is 16.6. The molecule has 0 radical (unpaired) electrons. The second-order valence-electron chi connectivity index (χ2n) is 8.04. The predicted octanol–water partition coefficient (Wildman–Crippen LogP) is 1.37. The molecule has 0 spiro atoms. The number of nitrogens with one attached hydrogen (secondary N) is 3. The van der Waals surface area contributed by atoms with Crippen LogP contribution in [-0.2, 0) is 13.2 Å². The first-order valence-electron chi connectivity index (χ1n) is 10.6. The highest BCUT2D eigenvalue weighted by Crippen LogP contribution is 2.23. The normalized spacial score (nSPS) is 18.9. The van der Waals surface area contributed by atoms with Crippen LogP contribution in [0.25, 0.3) is 0 Å². The highest BCUT2D eigenvalue weighted by Gasteiger charge is 2.23. The van der Waals surface area contributed by atoms with Gasteiger partial charge in [0.15, 0.2) is 0 Å². The zero-order valence-electron chi connectivity index (χ0n) is 16.6. The largest absolute Gasteiger partial charge is 0.506 e. The molecule has 1 heterocycles. The minimum Gasteiger partial charge on any atom is -0.506 e. The fraction of sp³-hybridized carbons (Fsp3) is 0.714. The maximum Gasteiger partial charge on any atom is 0.344 e. The van der Waals surface area contributed by atoms with E-state index in [-0.39, 0.29) is 12.4 Å². The molecular formula is C21H35N4O2+. The third-order valence-electron chi connectivity index (χ3n) is 5.95. The van der Waals surface area contributed by atoms with Gasteiger partial charge in [0.1, 0.15) is 5.75 Å². The Morgan fingerprint density at radius 2 is 1.59 bits per heavy atom. The summed E-state index contributed by atoms with van der Waals surface area (Å²) in [5.41, 5.74) is 1.98. The van der Waals surface area contributed by atoms with E-state index in [1.165, 1.54) is 64.2 Å². The number of aryl methyl sites for hydroxylation is 1. The lowest BCUT2D eigenvalue weighted by Crippen LogP contribution is -2.79. The minimum absolute atomic E-state index is 0.126. The number of aromatic hydroxyl groups is 1. The minimum atomic E-state index is -0.126. The van der Waals surface area contributed by atoms with E-state index in [0.29, 0.717) is 29.9 Å². The maximum atomic E-state index is 10.4. The smallest absolute Gasteiger partial charge is 0.344 e. The monoisotopic (exact) mass is 375 g/mol. The summed E-state index contributed by atoms with van der Waals surface area (Å²) in [6.45, 7) is 2.12. The Kier molecular flexibility index (Phi) is 7.33. The molecule has 2 fully saturated rings. The van der Waals surface area contributed by atoms with Gasteiger partial charge in [-0.3, -0.25) is 20.6 Å². The van der Waals surface area contributed by atoms with Crippen molar-refractivity contribution in [3.8, 4) is 5.75 Å². The first-order valence-corrected chi connectivity index (χ1v) is 10.6. The topological polar surface area (TPSA) is 91.4 Å². The third-order valence-corrected chi connectivity index (χ3v) is 5.95. The maximum absolute atomic E-state index is 10.4. The van der Waals surface area contributed by atoms with Gasteiger partial charge >= 0.3 is 5.96 Å². The van der Waals surface area contributed by atoms with Gasteiger partial charge in [-0.25, -0.2) is 0 Å². The van der Waals surface area contributed by atoms with Gasteiger partial charge in [-0.1, -0.05) is 38.5 Å². The van der Waals surface area contributed by atoms with Crippen LogP contribution >= 0.6 is 0 Å². The number of nitrogens with zero attached hydrogens (tertiary/aromatic N) is 1. The summed E-state index contributed by atoms with van der Waals surface area (Å²) in [6.07, 6.45) is 14.3. The summed E-state index contributed by atoms with van der Waals surface area (Å²) < 4.78 is 0. The quantitative estimate of drug-likeness (QED) is 0.396. The van der Waals surface area contributed by atoms with E-state index < -0.39 is 0 Å². The number of hydrogen-bond acceptors (Lipinski definition) is 3. The SMILES string of the molecule is Cc1ncc(CO)c(C[NH+]=C(NC2CCCCC2)NC2CCCCC2)c1O. The van der Waals surface area contributed by atoms with Crippen LogP contribution in [0.2, 0.25) is 0 Å². The summed E-state index contributed by atoms with van der Waals surface area (Å²) >= 11 is 0. The molecule has 0 unspecified atom stereocenters. The van der Waals surface area contributed by atoms with Crippen LogP contribution in [0.3, 0.4) is 0 Å². The van der Waals surface area contributed by atoms with Crippen molar-refractivity contribution in [2.75, 3.05) is 0 Å². The molecule has 6 heteroatoms. The summed E-state index contributed by atoms with van der Waals surface area (Å²) in [7, 11) is 0. The number of aliphatic hydroxyl groups is 1. The summed E-state index contributed by atoms with van der Waals surface area (Å²) in [5, 5.41) is 27.4. The molecular weight excluding hydrogens is 340 g/mol. The molecule has 2 aliphatic carbocycles. The Balaban J connectivity index is 1.75. The van der Waals surface area contributed by atoms with Crippen LogP contribution in [0.5, 0.6) is 5.75 Å². The van der Waals surface area contributed by atoms with Gasteiger partial charge in [0.05, 0.1) is 30.9 Å². The van der Waals surface area contributed by atoms with E-state index >= 15 is 0 Å². The van der Waals surface area contributed by atoms with Gasteiger partial charge in [-0.2, -0.15) is 0 Å². The highest BCUT2D eigenvalue weighted by molar-refractivity contribution is 5.74. The Hall–Kier alpha value is -1.82. The Morgan fingerprint density at radius 1 is 1.04 bits per heavy atom. The highest BCUT2D eigenvalue weighted by atomic mass is 16.3. The summed E-state index contributed by atoms with van der Waals surface area (Å²) in [5.74, 6) is 1.13. The molecule has 3 rings (SSSR count). The zero-order chi connectivity index (χ0) is 19.1. The number of guanidine groups is 1. The third kappa shape index (κ3) is 5.58. The van der Waals surface area contributed by atoms with E-state index in [2.05, 4.69) is 20.6 Å². The molecule has 0 atom stereocenters. The summed E-state index contributed by atoms with van der Waals surface area (Å²) in [4.78, 5) is 7.62. The van der Waals surface area contributed by atoms with E-state index in [1.54, 1.807) is 13.1 Å². The van der Waals surface area contributed by atoms with E-state index in [4.69, 9.17) is 0 Å². The molecule has 150 valence electrons. The van der Waals surface area contributed by atoms with Crippen LogP contribution in [0, 0.1) is 6.92 Å². The predicted molar refractivity (Wildman–Crippen MR) is 106 cm³/mol. The number of hydrogen-bond donors (Lipinski definition) is 5. The average molecular weight is 376 g/mol. The number of aliphatic hydroxyl groups excluding tert-OH is 1. The lowest BCUT2D eigenvalue weighted by Gasteiger charge is -2.24. The Bertz CT molecular complexity index is 613. The van der Waals surface area contributed by atoms with Crippen molar-refractivity contribution in [1.29, 1.82) is 0 Å². The Labute approximate surface area is 162 Å². The number of pyridine rings is 1. The molecule has 0 aromatic carbocycles. The van der Waals surface area contributed by atoms with Crippen LogP contribution < -0.4 is 15.6 Å². The second-order valence-corrected chi connectivity index (χ2v) is 8.04. The van der Waals surface area contributed by atoms with Crippen molar-refractivity contribution in [1.82, 2.24) is 15.6 Å². The molecule has 2 saturated carbocycles. The van der Waals surface area contributed by atoms with Crippen LogP contribution in [0.1, 0.15) is 81.0 Å². The molecule has 0 aliphatic heterocycles. The molecule has 27 heavy (non-hydrogen) atoms. The van der Waals surface area contributed by atoms with E-state index in [9.17, 15) is 10.2 Å². The Morgan fingerprint density at radius 3 is 2.11 bits per heavy atom. The first-order chi connectivity index (χ1) is 13.2. The van der Waals surface area contributed by atoms with Crippen molar-refractivity contribution in [3.63, 3.8) is 0 Å². The molecule has 0 amide bonds. The van der Waals surface area contributed by atoms with Crippen molar-refractivity contribution in [2.45, 2.75) is 96.4 Å². The summed E-state index contributed by atoms with van der Waals surface area (Å²) in [6, 6.07) is 1.00. The molecule has 0 saturated heterocycles. The van der Waals surface area contributed by atoms with Crippen molar-refractivity contribution < 1.29 is 15.2 Å². The van der Waals surface area contributed by atoms with Crippen LogP contribution in [0.15, 0.2) is 6.20 Å². The van der Waals surface area contributed by atoms with E-state index in [1.807, 2.05) is 0 Å². The van der Waals surface area contributed by atoms with Gasteiger partial charge in [0.25, 0.3) is 0 Å². The van der Waals surface area contributed by atoms with Crippen LogP contribution in [-0.4, -0.2) is 33.2 Å². The van der Waals surface area contributed by atoms with Crippen molar-refractivity contribution in [3.05, 3.63) is 23.0 Å². The van der Waals surface area contributed by atoms with E-state index in [0.717, 1.165) is 11.5 Å². The van der Waals surface area contributed by atoms with Gasteiger partial charge in [0, 0.05) is 17.3 Å². The van der Waals surface area contributed by atoms with Gasteiger partial charge in [-0.05, 0) is 32.6 Å². The lowest BCUT2D eigenvalue weighted by atomic mass is 9.95. The molecule has 0 bridgehead atoms. The molecule has 1 aromatic heterocycles. The second kappa shape index (κ2) is 9.93. The standard InChI is InChI=1S/C21H34N4O2/c1-15-20(27)19(16(14-26)12-22-15)13-23-21(24-17-8-4-2-5-9-17)25-18-10-6-3-7-11-18/h12,17-18,26-27H,2-11,13-14H2,1H3,(H2,23,24,25)/p+1. The first kappa shape index (κ1) is 19.9. The number of aromatic nitrogens is 1. The van der Waals surface area contributed by atoms with Crippen LogP contribution in [0.4, 0.5) is 0 Å².